The number of aliphatic imine (C=N–C) groups is 1. The van der Waals surface area contributed by atoms with E-state index in [0.29, 0.717) is 0 Å². The molecule has 0 rings (SSSR count). The molecule has 0 saturated carbocycles. The summed E-state index contributed by atoms with van der Waals surface area (Å²) >= 11 is 0. The van der Waals surface area contributed by atoms with E-state index in [-0.39, 0.29) is 17.9 Å². The largest absolute Gasteiger partial charge is 0.462 e. The first-order valence-electron chi connectivity index (χ1n) is 3.61. The molecular weight excluding hydrogens is 168 g/mol. The normalized spacial score (nSPS) is 10.8. The number of carbonyl (C=O) groups is 1. The Morgan fingerprint density at radius 2 is 2.38 bits per heavy atom. The van der Waals surface area contributed by atoms with Gasteiger partial charge >= 0.3 is 5.97 Å². The molecule has 4 heteroatoms. The van der Waals surface area contributed by atoms with Gasteiger partial charge in [-0.3, -0.25) is 4.99 Å². The van der Waals surface area contributed by atoms with Crippen LogP contribution >= 0.6 is 0 Å². The molecule has 0 aliphatic carbocycles. The SMILES string of the molecule is C=CC(C(=O)OCC)=C(C#N)N=C. The Kier molecular flexibility index (Phi) is 4.89. The Hall–Kier alpha value is -1.89. The van der Waals surface area contributed by atoms with Gasteiger partial charge < -0.3 is 4.74 Å². The molecule has 0 fully saturated rings. The quantitative estimate of drug-likeness (QED) is 0.214. The van der Waals surface area contributed by atoms with Crippen LogP contribution in [0.4, 0.5) is 0 Å². The van der Waals surface area contributed by atoms with Gasteiger partial charge in [0.25, 0.3) is 0 Å². The van der Waals surface area contributed by atoms with Crippen LogP contribution in [0.5, 0.6) is 0 Å². The zero-order valence-corrected chi connectivity index (χ0v) is 7.41. The molecule has 0 atom stereocenters. The van der Waals surface area contributed by atoms with Crippen LogP contribution in [0.15, 0.2) is 28.9 Å². The van der Waals surface area contributed by atoms with Gasteiger partial charge in [-0.25, -0.2) is 4.79 Å². The molecule has 68 valence electrons. The lowest BCUT2D eigenvalue weighted by molar-refractivity contribution is -0.138. The van der Waals surface area contributed by atoms with Gasteiger partial charge in [0.2, 0.25) is 0 Å². The summed E-state index contributed by atoms with van der Waals surface area (Å²) in [5, 5.41) is 8.55. The molecule has 0 N–H and O–H groups in total. The Morgan fingerprint density at radius 1 is 1.77 bits per heavy atom. The average molecular weight is 178 g/mol. The highest BCUT2D eigenvalue weighted by atomic mass is 16.5. The van der Waals surface area contributed by atoms with E-state index in [1.807, 2.05) is 0 Å². The molecular formula is C9H10N2O2. The number of nitrogens with zero attached hydrogens (tertiary/aromatic N) is 2. The molecule has 0 saturated heterocycles. The van der Waals surface area contributed by atoms with Crippen LogP contribution in [0.2, 0.25) is 0 Å². The zero-order chi connectivity index (χ0) is 10.3. The highest BCUT2D eigenvalue weighted by Gasteiger charge is 2.11. The van der Waals surface area contributed by atoms with Crippen LogP contribution in [0.3, 0.4) is 0 Å². The van der Waals surface area contributed by atoms with Crippen molar-refractivity contribution in [3.05, 3.63) is 23.9 Å². The van der Waals surface area contributed by atoms with Gasteiger partial charge in [-0.05, 0) is 13.6 Å². The fraction of sp³-hybridized carbons (Fsp3) is 0.222. The van der Waals surface area contributed by atoms with Crippen LogP contribution in [0, 0.1) is 11.3 Å². The maximum atomic E-state index is 11.1. The van der Waals surface area contributed by atoms with Crippen LogP contribution in [-0.4, -0.2) is 19.3 Å². The smallest absolute Gasteiger partial charge is 0.341 e. The van der Waals surface area contributed by atoms with Crippen molar-refractivity contribution >= 4 is 12.7 Å². The van der Waals surface area contributed by atoms with E-state index in [4.69, 9.17) is 5.26 Å². The minimum atomic E-state index is -0.610. The van der Waals surface area contributed by atoms with Crippen molar-refractivity contribution in [3.8, 4) is 6.07 Å². The number of hydrogen-bond donors (Lipinski definition) is 0. The first-order chi connectivity index (χ1) is 6.21. The number of hydrogen-bond acceptors (Lipinski definition) is 4. The van der Waals surface area contributed by atoms with E-state index in [0.717, 1.165) is 0 Å². The van der Waals surface area contributed by atoms with Gasteiger partial charge in [0.05, 0.1) is 12.2 Å². The maximum absolute atomic E-state index is 11.1. The summed E-state index contributed by atoms with van der Waals surface area (Å²) < 4.78 is 4.67. The van der Waals surface area contributed by atoms with E-state index in [9.17, 15) is 4.79 Å². The minimum absolute atomic E-state index is 0.0411. The van der Waals surface area contributed by atoms with E-state index in [2.05, 4.69) is 23.0 Å². The first-order valence-corrected chi connectivity index (χ1v) is 3.61. The molecule has 13 heavy (non-hydrogen) atoms. The van der Waals surface area contributed by atoms with Crippen molar-refractivity contribution in [2.24, 2.45) is 4.99 Å². The van der Waals surface area contributed by atoms with Crippen molar-refractivity contribution in [3.63, 3.8) is 0 Å². The van der Waals surface area contributed by atoms with Crippen LogP contribution in [0.1, 0.15) is 6.92 Å². The molecule has 0 aromatic heterocycles. The Bertz CT molecular complexity index is 297. The average Bonchev–Trinajstić information content (AvgIpc) is 2.14. The number of nitriles is 1. The summed E-state index contributed by atoms with van der Waals surface area (Å²) in [4.78, 5) is 14.5. The van der Waals surface area contributed by atoms with Crippen molar-refractivity contribution in [2.45, 2.75) is 6.92 Å². The predicted octanol–water partition coefficient (Wildman–Crippen LogP) is 1.21. The van der Waals surface area contributed by atoms with Crippen LogP contribution in [-0.2, 0) is 9.53 Å². The Morgan fingerprint density at radius 3 is 2.69 bits per heavy atom. The minimum Gasteiger partial charge on any atom is -0.462 e. The third-order valence-electron chi connectivity index (χ3n) is 1.22. The van der Waals surface area contributed by atoms with E-state index >= 15 is 0 Å². The summed E-state index contributed by atoms with van der Waals surface area (Å²) in [6.45, 7) is 8.46. The topological polar surface area (TPSA) is 62.5 Å². The molecule has 0 unspecified atom stereocenters. The lowest BCUT2D eigenvalue weighted by Crippen LogP contribution is -2.07. The van der Waals surface area contributed by atoms with Gasteiger partial charge in [-0.2, -0.15) is 5.26 Å². The van der Waals surface area contributed by atoms with Crippen molar-refractivity contribution in [1.29, 1.82) is 5.26 Å². The number of rotatable bonds is 4. The molecule has 4 nitrogen and oxygen atoms in total. The number of ether oxygens (including phenoxy) is 1. The number of allylic oxidation sites excluding steroid dienone is 1. The Labute approximate surface area is 76.8 Å². The van der Waals surface area contributed by atoms with Crippen molar-refractivity contribution < 1.29 is 9.53 Å². The summed E-state index contributed by atoms with van der Waals surface area (Å²) in [7, 11) is 0. The van der Waals surface area contributed by atoms with Crippen LogP contribution < -0.4 is 0 Å². The third kappa shape index (κ3) is 2.91. The summed E-state index contributed by atoms with van der Waals surface area (Å²) in [5.74, 6) is -0.610. The highest BCUT2D eigenvalue weighted by molar-refractivity contribution is 5.93. The molecule has 0 bridgehead atoms. The van der Waals surface area contributed by atoms with Gasteiger partial charge in [-0.1, -0.05) is 12.7 Å². The predicted molar refractivity (Wildman–Crippen MR) is 49.0 cm³/mol. The van der Waals surface area contributed by atoms with Gasteiger partial charge in [0.1, 0.15) is 6.07 Å². The number of esters is 1. The van der Waals surface area contributed by atoms with Crippen LogP contribution in [0.25, 0.3) is 0 Å². The fourth-order valence-electron chi connectivity index (χ4n) is 0.666. The second-order valence-electron chi connectivity index (χ2n) is 1.96. The van der Waals surface area contributed by atoms with E-state index < -0.39 is 5.97 Å². The second kappa shape index (κ2) is 5.72. The molecule has 0 radical (unpaired) electrons. The zero-order valence-electron chi connectivity index (χ0n) is 7.41. The standard InChI is InChI=1S/C9H10N2O2/c1-4-7(8(6-10)11-3)9(12)13-5-2/h4H,1,3,5H2,2H3. The summed E-state index contributed by atoms with van der Waals surface area (Å²) in [5.41, 5.74) is -0.0344. The van der Waals surface area contributed by atoms with E-state index in [1.165, 1.54) is 6.08 Å². The molecule has 0 heterocycles. The van der Waals surface area contributed by atoms with Gasteiger partial charge in [-0.15, -0.1) is 0 Å². The lowest BCUT2D eigenvalue weighted by Gasteiger charge is -2.01. The molecule has 0 aliphatic heterocycles. The molecule has 0 aliphatic rings. The van der Waals surface area contributed by atoms with Gasteiger partial charge in [0, 0.05) is 0 Å². The second-order valence-corrected chi connectivity index (χ2v) is 1.96. The fourth-order valence-corrected chi connectivity index (χ4v) is 0.666. The molecule has 0 aromatic carbocycles. The van der Waals surface area contributed by atoms with Crippen molar-refractivity contribution in [1.82, 2.24) is 0 Å². The summed E-state index contributed by atoms with van der Waals surface area (Å²) in [6, 6.07) is 1.72. The monoisotopic (exact) mass is 178 g/mol. The summed E-state index contributed by atoms with van der Waals surface area (Å²) in [6.07, 6.45) is 1.23. The maximum Gasteiger partial charge on any atom is 0.341 e. The molecule has 0 amide bonds. The van der Waals surface area contributed by atoms with E-state index in [1.54, 1.807) is 13.0 Å². The van der Waals surface area contributed by atoms with Crippen molar-refractivity contribution in [2.75, 3.05) is 6.61 Å². The van der Waals surface area contributed by atoms with Gasteiger partial charge in [0.15, 0.2) is 5.70 Å². The number of carbonyl (C=O) groups excluding carboxylic acids is 1. The third-order valence-corrected chi connectivity index (χ3v) is 1.22. The molecule has 0 spiro atoms. The molecule has 0 aromatic rings. The first kappa shape index (κ1) is 11.1. The lowest BCUT2D eigenvalue weighted by atomic mass is 10.2. The highest BCUT2D eigenvalue weighted by Crippen LogP contribution is 2.07. The Balaban J connectivity index is 4.98.